The summed E-state index contributed by atoms with van der Waals surface area (Å²) >= 11 is 0. The number of anilines is 1. The van der Waals surface area contributed by atoms with Crippen molar-refractivity contribution in [2.75, 3.05) is 31.1 Å². The van der Waals surface area contributed by atoms with Crippen molar-refractivity contribution in [3.05, 3.63) is 95.6 Å². The molecule has 0 bridgehead atoms. The van der Waals surface area contributed by atoms with Gasteiger partial charge in [0, 0.05) is 18.8 Å². The summed E-state index contributed by atoms with van der Waals surface area (Å²) < 4.78 is 5.91. The maximum absolute atomic E-state index is 5.91. The molecule has 3 aromatic carbocycles. The lowest BCUT2D eigenvalue weighted by atomic mass is 10.2. The van der Waals surface area contributed by atoms with Gasteiger partial charge in [0.1, 0.15) is 12.4 Å². The summed E-state index contributed by atoms with van der Waals surface area (Å²) in [6.07, 6.45) is 1.93. The van der Waals surface area contributed by atoms with E-state index in [9.17, 15) is 0 Å². The first-order valence-corrected chi connectivity index (χ1v) is 10.1. The molecule has 0 aliphatic carbocycles. The van der Waals surface area contributed by atoms with Gasteiger partial charge >= 0.3 is 0 Å². The average Bonchev–Trinajstić information content (AvgIpc) is 2.78. The highest BCUT2D eigenvalue weighted by Crippen LogP contribution is 2.18. The van der Waals surface area contributed by atoms with Gasteiger partial charge < -0.3 is 9.64 Å². The van der Waals surface area contributed by atoms with Gasteiger partial charge in [-0.05, 0) is 42.3 Å². The highest BCUT2D eigenvalue weighted by molar-refractivity contribution is 5.80. The fourth-order valence-electron chi connectivity index (χ4n) is 3.40. The molecule has 0 N–H and O–H groups in total. The lowest BCUT2D eigenvalue weighted by Crippen LogP contribution is -2.44. The molecule has 0 aromatic heterocycles. The fourth-order valence-corrected chi connectivity index (χ4v) is 3.40. The summed E-state index contributed by atoms with van der Waals surface area (Å²) in [5.41, 5.74) is 4.81. The third kappa shape index (κ3) is 5.38. The standard InChI is InChI=1S/C25H27N3O/c1-21-10-12-24(13-11-21)27-14-16-28(17-15-27)26-19-23-8-5-9-25(18-23)29-20-22-6-3-2-4-7-22/h2-13,18-19H,14-17,20H2,1H3/b26-19+. The van der Waals surface area contributed by atoms with Crippen LogP contribution in [0.3, 0.4) is 0 Å². The first-order valence-electron chi connectivity index (χ1n) is 10.1. The Balaban J connectivity index is 1.30. The largest absolute Gasteiger partial charge is 0.489 e. The number of benzene rings is 3. The van der Waals surface area contributed by atoms with Crippen molar-refractivity contribution in [2.45, 2.75) is 13.5 Å². The van der Waals surface area contributed by atoms with Crippen LogP contribution in [0.2, 0.25) is 0 Å². The Morgan fingerprint density at radius 3 is 2.38 bits per heavy atom. The van der Waals surface area contributed by atoms with Crippen LogP contribution >= 0.6 is 0 Å². The van der Waals surface area contributed by atoms with Crippen molar-refractivity contribution in [3.8, 4) is 5.75 Å². The highest BCUT2D eigenvalue weighted by Gasteiger charge is 2.15. The van der Waals surface area contributed by atoms with Crippen LogP contribution in [0.5, 0.6) is 5.75 Å². The van der Waals surface area contributed by atoms with Crippen molar-refractivity contribution in [2.24, 2.45) is 5.10 Å². The Morgan fingerprint density at radius 2 is 1.62 bits per heavy atom. The minimum absolute atomic E-state index is 0.572. The zero-order valence-corrected chi connectivity index (χ0v) is 16.9. The van der Waals surface area contributed by atoms with Gasteiger partial charge in [-0.2, -0.15) is 5.10 Å². The summed E-state index contributed by atoms with van der Waals surface area (Å²) in [6.45, 7) is 6.52. The molecule has 0 saturated carbocycles. The number of aryl methyl sites for hydroxylation is 1. The van der Waals surface area contributed by atoms with E-state index in [1.807, 2.05) is 42.6 Å². The number of ether oxygens (including phenoxy) is 1. The second-order valence-corrected chi connectivity index (χ2v) is 7.37. The van der Waals surface area contributed by atoms with Gasteiger partial charge in [0.2, 0.25) is 0 Å². The Bertz CT molecular complexity index is 930. The predicted molar refractivity (Wildman–Crippen MR) is 120 cm³/mol. The molecule has 1 aliphatic heterocycles. The Kier molecular flexibility index (Phi) is 6.10. The van der Waals surface area contributed by atoms with Gasteiger partial charge in [0.05, 0.1) is 19.3 Å². The third-order valence-corrected chi connectivity index (χ3v) is 5.13. The van der Waals surface area contributed by atoms with E-state index in [2.05, 4.69) is 64.4 Å². The average molecular weight is 386 g/mol. The van der Waals surface area contributed by atoms with Gasteiger partial charge in [-0.25, -0.2) is 0 Å². The first kappa shape index (κ1) is 19.1. The second-order valence-electron chi connectivity index (χ2n) is 7.37. The van der Waals surface area contributed by atoms with Crippen LogP contribution in [0.15, 0.2) is 84.0 Å². The lowest BCUT2D eigenvalue weighted by Gasteiger charge is -2.34. The molecule has 0 amide bonds. The smallest absolute Gasteiger partial charge is 0.120 e. The number of hydrogen-bond donors (Lipinski definition) is 0. The number of piperazine rings is 1. The van der Waals surface area contributed by atoms with Gasteiger partial charge in [0.15, 0.2) is 0 Å². The minimum atomic E-state index is 0.572. The quantitative estimate of drug-likeness (QED) is 0.574. The number of nitrogens with zero attached hydrogens (tertiary/aromatic N) is 3. The summed E-state index contributed by atoms with van der Waals surface area (Å²) in [6, 6.07) is 27.1. The van der Waals surface area contributed by atoms with E-state index in [0.29, 0.717) is 6.61 Å². The van der Waals surface area contributed by atoms with Crippen LogP contribution in [0.25, 0.3) is 0 Å². The van der Waals surface area contributed by atoms with Crippen LogP contribution in [0, 0.1) is 6.92 Å². The zero-order chi connectivity index (χ0) is 19.9. The Hall–Kier alpha value is -3.27. The monoisotopic (exact) mass is 385 g/mol. The van der Waals surface area contributed by atoms with Crippen molar-refractivity contribution in [1.29, 1.82) is 0 Å². The molecule has 29 heavy (non-hydrogen) atoms. The maximum Gasteiger partial charge on any atom is 0.120 e. The topological polar surface area (TPSA) is 28.1 Å². The lowest BCUT2D eigenvalue weighted by molar-refractivity contribution is 0.272. The van der Waals surface area contributed by atoms with Crippen molar-refractivity contribution in [1.82, 2.24) is 5.01 Å². The van der Waals surface area contributed by atoms with Gasteiger partial charge in [-0.3, -0.25) is 5.01 Å². The molecule has 3 aromatic rings. The van der Waals surface area contributed by atoms with Crippen molar-refractivity contribution < 1.29 is 4.74 Å². The summed E-state index contributed by atoms with van der Waals surface area (Å²) in [7, 11) is 0. The molecule has 1 saturated heterocycles. The van der Waals surface area contributed by atoms with Crippen LogP contribution < -0.4 is 9.64 Å². The van der Waals surface area contributed by atoms with Crippen molar-refractivity contribution in [3.63, 3.8) is 0 Å². The van der Waals surface area contributed by atoms with E-state index < -0.39 is 0 Å². The van der Waals surface area contributed by atoms with E-state index in [4.69, 9.17) is 4.74 Å². The molecular formula is C25H27N3O. The van der Waals surface area contributed by atoms with Crippen LogP contribution in [0.4, 0.5) is 5.69 Å². The summed E-state index contributed by atoms with van der Waals surface area (Å²) in [5.74, 6) is 0.863. The highest BCUT2D eigenvalue weighted by atomic mass is 16.5. The molecule has 148 valence electrons. The van der Waals surface area contributed by atoms with Gasteiger partial charge in [-0.1, -0.05) is 60.2 Å². The molecule has 0 atom stereocenters. The van der Waals surface area contributed by atoms with Crippen LogP contribution in [-0.4, -0.2) is 37.4 Å². The normalized spacial score (nSPS) is 14.4. The zero-order valence-electron chi connectivity index (χ0n) is 16.9. The molecule has 4 nitrogen and oxygen atoms in total. The van der Waals surface area contributed by atoms with E-state index in [0.717, 1.165) is 43.1 Å². The van der Waals surface area contributed by atoms with Crippen LogP contribution in [0.1, 0.15) is 16.7 Å². The van der Waals surface area contributed by atoms with E-state index in [1.54, 1.807) is 0 Å². The van der Waals surface area contributed by atoms with E-state index in [-0.39, 0.29) is 0 Å². The molecule has 0 unspecified atom stereocenters. The second kappa shape index (κ2) is 9.28. The van der Waals surface area contributed by atoms with E-state index >= 15 is 0 Å². The molecule has 1 aliphatic rings. The molecule has 4 heteroatoms. The molecule has 1 fully saturated rings. The third-order valence-electron chi connectivity index (χ3n) is 5.13. The summed E-state index contributed by atoms with van der Waals surface area (Å²) in [4.78, 5) is 2.42. The molecule has 0 radical (unpaired) electrons. The SMILES string of the molecule is Cc1ccc(N2CCN(/N=C/c3cccc(OCc4ccccc4)c3)CC2)cc1. The van der Waals surface area contributed by atoms with Gasteiger partial charge in [-0.15, -0.1) is 0 Å². The predicted octanol–water partition coefficient (Wildman–Crippen LogP) is 4.73. The molecule has 4 rings (SSSR count). The summed E-state index contributed by atoms with van der Waals surface area (Å²) in [5, 5.41) is 6.82. The number of rotatable bonds is 6. The van der Waals surface area contributed by atoms with Gasteiger partial charge in [0.25, 0.3) is 0 Å². The molecule has 0 spiro atoms. The number of hydrazone groups is 1. The van der Waals surface area contributed by atoms with Crippen molar-refractivity contribution >= 4 is 11.9 Å². The Labute approximate surface area is 173 Å². The molecular weight excluding hydrogens is 358 g/mol. The van der Waals surface area contributed by atoms with E-state index in [1.165, 1.54) is 11.3 Å². The minimum Gasteiger partial charge on any atom is -0.489 e. The fraction of sp³-hybridized carbons (Fsp3) is 0.240. The molecule has 1 heterocycles. The maximum atomic E-state index is 5.91. The number of hydrogen-bond acceptors (Lipinski definition) is 4. The van der Waals surface area contributed by atoms with Crippen LogP contribution in [-0.2, 0) is 6.61 Å². The Morgan fingerprint density at radius 1 is 0.862 bits per heavy atom. The first-order chi connectivity index (χ1) is 14.3.